The van der Waals surface area contributed by atoms with Crippen LogP contribution in [0.4, 0.5) is 4.39 Å². The lowest BCUT2D eigenvalue weighted by Gasteiger charge is -2.20. The highest BCUT2D eigenvalue weighted by Crippen LogP contribution is 2.36. The SMILES string of the molecule is CC(C)(C)c1ccc(CCOP(C)(=O)O)cc1F. The van der Waals surface area contributed by atoms with Crippen LogP contribution < -0.4 is 0 Å². The Morgan fingerprint density at radius 2 is 2.00 bits per heavy atom. The van der Waals surface area contributed by atoms with Gasteiger partial charge in [0.15, 0.2) is 0 Å². The summed E-state index contributed by atoms with van der Waals surface area (Å²) in [7, 11) is -3.44. The summed E-state index contributed by atoms with van der Waals surface area (Å²) in [5.74, 6) is -0.247. The molecule has 0 aliphatic rings. The lowest BCUT2D eigenvalue weighted by molar-refractivity contribution is 0.268. The Morgan fingerprint density at radius 3 is 2.44 bits per heavy atom. The van der Waals surface area contributed by atoms with Crippen LogP contribution in [0.25, 0.3) is 0 Å². The van der Waals surface area contributed by atoms with Gasteiger partial charge in [-0.2, -0.15) is 0 Å². The maximum Gasteiger partial charge on any atom is 0.325 e. The van der Waals surface area contributed by atoms with Crippen LogP contribution in [0.2, 0.25) is 0 Å². The van der Waals surface area contributed by atoms with Crippen molar-refractivity contribution < 1.29 is 18.4 Å². The first-order valence-corrected chi connectivity index (χ1v) is 7.86. The number of rotatable bonds is 4. The fourth-order valence-corrected chi connectivity index (χ4v) is 2.09. The minimum atomic E-state index is -3.44. The van der Waals surface area contributed by atoms with Crippen molar-refractivity contribution in [3.63, 3.8) is 0 Å². The summed E-state index contributed by atoms with van der Waals surface area (Å²) in [6.45, 7) is 7.10. The van der Waals surface area contributed by atoms with Gasteiger partial charge < -0.3 is 9.42 Å². The smallest absolute Gasteiger partial charge is 0.324 e. The molecular formula is C13H20FO3P. The van der Waals surface area contributed by atoms with Gasteiger partial charge in [-0.15, -0.1) is 0 Å². The van der Waals surface area contributed by atoms with Crippen molar-refractivity contribution in [2.45, 2.75) is 32.6 Å². The largest absolute Gasteiger partial charge is 0.325 e. The fourth-order valence-electron chi connectivity index (χ4n) is 1.66. The third-order valence-electron chi connectivity index (χ3n) is 2.56. The molecule has 0 radical (unpaired) electrons. The molecule has 0 heterocycles. The first kappa shape index (κ1) is 15.4. The highest BCUT2D eigenvalue weighted by molar-refractivity contribution is 7.51. The van der Waals surface area contributed by atoms with E-state index in [-0.39, 0.29) is 17.8 Å². The van der Waals surface area contributed by atoms with E-state index in [1.54, 1.807) is 6.07 Å². The molecule has 3 nitrogen and oxygen atoms in total. The number of benzene rings is 1. The van der Waals surface area contributed by atoms with Crippen LogP contribution in [0, 0.1) is 5.82 Å². The van der Waals surface area contributed by atoms with Crippen LogP contribution in [-0.2, 0) is 20.9 Å². The van der Waals surface area contributed by atoms with Crippen LogP contribution in [0.1, 0.15) is 31.9 Å². The van der Waals surface area contributed by atoms with E-state index >= 15 is 0 Å². The maximum absolute atomic E-state index is 13.9. The number of halogens is 1. The summed E-state index contributed by atoms with van der Waals surface area (Å²) in [4.78, 5) is 8.96. The second-order valence-electron chi connectivity index (χ2n) is 5.45. The molecule has 0 spiro atoms. The first-order chi connectivity index (χ1) is 8.09. The lowest BCUT2D eigenvalue weighted by Crippen LogP contribution is -2.13. The quantitative estimate of drug-likeness (QED) is 0.855. The monoisotopic (exact) mass is 274 g/mol. The summed E-state index contributed by atoms with van der Waals surface area (Å²) in [5, 5.41) is 0. The van der Waals surface area contributed by atoms with Gasteiger partial charge >= 0.3 is 7.60 Å². The molecule has 0 amide bonds. The Morgan fingerprint density at radius 1 is 1.39 bits per heavy atom. The minimum Gasteiger partial charge on any atom is -0.324 e. The van der Waals surface area contributed by atoms with E-state index < -0.39 is 7.60 Å². The van der Waals surface area contributed by atoms with E-state index in [4.69, 9.17) is 9.42 Å². The molecule has 5 heteroatoms. The molecule has 0 fully saturated rings. The van der Waals surface area contributed by atoms with Gasteiger partial charge in [-0.25, -0.2) is 4.39 Å². The number of hydrogen-bond donors (Lipinski definition) is 1. The number of hydrogen-bond acceptors (Lipinski definition) is 2. The molecule has 102 valence electrons. The predicted molar refractivity (Wildman–Crippen MR) is 70.5 cm³/mol. The summed E-state index contributed by atoms with van der Waals surface area (Å²) < 4.78 is 29.5. The third kappa shape index (κ3) is 4.89. The van der Waals surface area contributed by atoms with Gasteiger partial charge in [-0.3, -0.25) is 4.57 Å². The highest BCUT2D eigenvalue weighted by atomic mass is 31.2. The summed E-state index contributed by atoms with van der Waals surface area (Å²) >= 11 is 0. The third-order valence-corrected chi connectivity index (χ3v) is 3.22. The van der Waals surface area contributed by atoms with Crippen molar-refractivity contribution in [1.82, 2.24) is 0 Å². The molecule has 0 aliphatic heterocycles. The Labute approximate surface area is 108 Å². The van der Waals surface area contributed by atoms with E-state index in [1.165, 1.54) is 6.07 Å². The topological polar surface area (TPSA) is 46.5 Å². The van der Waals surface area contributed by atoms with Crippen LogP contribution in [0.5, 0.6) is 0 Å². The molecular weight excluding hydrogens is 254 g/mol. The van der Waals surface area contributed by atoms with E-state index in [2.05, 4.69) is 0 Å². The zero-order chi connectivity index (χ0) is 14.0. The molecule has 0 aliphatic carbocycles. The van der Waals surface area contributed by atoms with Gasteiger partial charge in [0.05, 0.1) is 6.61 Å². The van der Waals surface area contributed by atoms with Crippen molar-refractivity contribution in [3.8, 4) is 0 Å². The molecule has 1 aromatic carbocycles. The second kappa shape index (κ2) is 5.52. The lowest BCUT2D eigenvalue weighted by atomic mass is 9.86. The summed E-state index contributed by atoms with van der Waals surface area (Å²) in [5.41, 5.74) is 1.19. The van der Waals surface area contributed by atoms with Crippen molar-refractivity contribution in [2.75, 3.05) is 13.3 Å². The van der Waals surface area contributed by atoms with E-state index in [1.807, 2.05) is 26.8 Å². The van der Waals surface area contributed by atoms with Crippen molar-refractivity contribution in [3.05, 3.63) is 35.1 Å². The fraction of sp³-hybridized carbons (Fsp3) is 0.538. The zero-order valence-corrected chi connectivity index (χ0v) is 12.1. The van der Waals surface area contributed by atoms with Gasteiger partial charge in [-0.1, -0.05) is 32.9 Å². The van der Waals surface area contributed by atoms with Crippen LogP contribution >= 0.6 is 7.60 Å². The first-order valence-electron chi connectivity index (χ1n) is 5.83. The molecule has 1 atom stereocenters. The molecule has 0 aromatic heterocycles. The van der Waals surface area contributed by atoms with E-state index in [9.17, 15) is 8.96 Å². The van der Waals surface area contributed by atoms with Gasteiger partial charge in [0.1, 0.15) is 5.82 Å². The average molecular weight is 274 g/mol. The second-order valence-corrected chi connectivity index (χ2v) is 7.31. The van der Waals surface area contributed by atoms with Gasteiger partial charge in [0.2, 0.25) is 0 Å². The highest BCUT2D eigenvalue weighted by Gasteiger charge is 2.18. The molecule has 1 N–H and O–H groups in total. The minimum absolute atomic E-state index is 0.110. The van der Waals surface area contributed by atoms with Crippen molar-refractivity contribution in [1.29, 1.82) is 0 Å². The van der Waals surface area contributed by atoms with Crippen molar-refractivity contribution in [2.24, 2.45) is 0 Å². The molecule has 1 unspecified atom stereocenters. The standard InChI is InChI=1S/C13H20FO3P/c1-13(2,3)11-6-5-10(9-12(11)14)7-8-17-18(4,15)16/h5-6,9H,7-8H2,1-4H3,(H,15,16). The van der Waals surface area contributed by atoms with Crippen molar-refractivity contribution >= 4 is 7.60 Å². The van der Waals surface area contributed by atoms with Crippen LogP contribution in [0.3, 0.4) is 0 Å². The molecule has 0 saturated carbocycles. The van der Waals surface area contributed by atoms with E-state index in [0.29, 0.717) is 12.0 Å². The van der Waals surface area contributed by atoms with Gasteiger partial charge in [0.25, 0.3) is 0 Å². The van der Waals surface area contributed by atoms with Gasteiger partial charge in [-0.05, 0) is 29.0 Å². The average Bonchev–Trinajstić information content (AvgIpc) is 2.13. The summed E-state index contributed by atoms with van der Waals surface area (Å²) in [6.07, 6.45) is 0.416. The molecule has 1 aromatic rings. The van der Waals surface area contributed by atoms with E-state index in [0.717, 1.165) is 12.2 Å². The molecule has 0 bridgehead atoms. The molecule has 18 heavy (non-hydrogen) atoms. The summed E-state index contributed by atoms with van der Waals surface area (Å²) in [6, 6.07) is 5.04. The Balaban J connectivity index is 2.71. The predicted octanol–water partition coefficient (Wildman–Crippen LogP) is 3.50. The Kier molecular flexibility index (Phi) is 4.71. The van der Waals surface area contributed by atoms with Gasteiger partial charge in [0, 0.05) is 6.66 Å². The Bertz CT molecular complexity index is 460. The zero-order valence-electron chi connectivity index (χ0n) is 11.2. The Hall–Kier alpha value is -0.700. The van der Waals surface area contributed by atoms with Crippen LogP contribution in [0.15, 0.2) is 18.2 Å². The molecule has 1 rings (SSSR count). The molecule has 0 saturated heterocycles. The maximum atomic E-state index is 13.9. The normalized spacial score (nSPS) is 15.4. The van der Waals surface area contributed by atoms with Crippen LogP contribution in [-0.4, -0.2) is 18.2 Å².